The van der Waals surface area contributed by atoms with Gasteiger partial charge in [-0.05, 0) is 38.0 Å². The molecule has 1 unspecified atom stereocenters. The van der Waals surface area contributed by atoms with Crippen molar-refractivity contribution in [3.8, 4) is 0 Å². The molecule has 3 nitrogen and oxygen atoms in total. The second-order valence-electron chi connectivity index (χ2n) is 4.46. The Morgan fingerprint density at radius 2 is 1.83 bits per heavy atom. The largest absolute Gasteiger partial charge is 0.382 e. The molecule has 94 valence electrons. The Kier molecular flexibility index (Phi) is 3.39. The molecule has 0 aliphatic carbocycles. The van der Waals surface area contributed by atoms with Gasteiger partial charge in [-0.2, -0.15) is 0 Å². The topological polar surface area (TPSA) is 46.0 Å². The Labute approximate surface area is 105 Å². The molecule has 1 heterocycles. The van der Waals surface area contributed by atoms with E-state index in [4.69, 9.17) is 0 Å². The minimum Gasteiger partial charge on any atom is -0.382 e. The third-order valence-electron chi connectivity index (χ3n) is 2.84. The zero-order valence-corrected chi connectivity index (χ0v) is 10.6. The van der Waals surface area contributed by atoms with E-state index >= 15 is 0 Å². The van der Waals surface area contributed by atoms with Crippen molar-refractivity contribution in [2.45, 2.75) is 26.9 Å². The molecule has 1 N–H and O–H groups in total. The highest BCUT2D eigenvalue weighted by atomic mass is 19.1. The van der Waals surface area contributed by atoms with Gasteiger partial charge < -0.3 is 5.11 Å². The molecular formula is C14H15FN2O. The molecule has 0 saturated carbocycles. The van der Waals surface area contributed by atoms with Gasteiger partial charge in [0.2, 0.25) is 0 Å². The Bertz CT molecular complexity index is 544. The van der Waals surface area contributed by atoms with Gasteiger partial charge >= 0.3 is 0 Å². The lowest BCUT2D eigenvalue weighted by Gasteiger charge is -2.14. The predicted molar refractivity (Wildman–Crippen MR) is 66.7 cm³/mol. The summed E-state index contributed by atoms with van der Waals surface area (Å²) >= 11 is 0. The average Bonchev–Trinajstić information content (AvgIpc) is 2.28. The number of halogens is 1. The Balaban J connectivity index is 2.46. The number of nitrogens with zero attached hydrogens (tertiary/aromatic N) is 2. The SMILES string of the molecule is Cc1cc(C)c(C(O)c2cnc(C)cn2)c(F)c1. The summed E-state index contributed by atoms with van der Waals surface area (Å²) in [5.74, 6) is -0.414. The lowest BCUT2D eigenvalue weighted by molar-refractivity contribution is 0.208. The van der Waals surface area contributed by atoms with E-state index in [9.17, 15) is 9.50 Å². The van der Waals surface area contributed by atoms with Crippen molar-refractivity contribution in [3.63, 3.8) is 0 Å². The van der Waals surface area contributed by atoms with Crippen molar-refractivity contribution in [1.82, 2.24) is 9.97 Å². The van der Waals surface area contributed by atoms with Crippen molar-refractivity contribution >= 4 is 0 Å². The van der Waals surface area contributed by atoms with Crippen LogP contribution >= 0.6 is 0 Å². The maximum atomic E-state index is 13.9. The molecule has 0 aliphatic rings. The molecule has 2 rings (SSSR count). The molecule has 0 fully saturated rings. The Morgan fingerprint density at radius 1 is 1.11 bits per heavy atom. The van der Waals surface area contributed by atoms with Gasteiger partial charge in [-0.15, -0.1) is 0 Å². The van der Waals surface area contributed by atoms with Crippen LogP contribution in [0.2, 0.25) is 0 Å². The maximum Gasteiger partial charge on any atom is 0.129 e. The number of aliphatic hydroxyl groups is 1. The molecule has 18 heavy (non-hydrogen) atoms. The Hall–Kier alpha value is -1.81. The highest BCUT2D eigenvalue weighted by Gasteiger charge is 2.19. The van der Waals surface area contributed by atoms with Crippen LogP contribution in [-0.4, -0.2) is 15.1 Å². The maximum absolute atomic E-state index is 13.9. The van der Waals surface area contributed by atoms with Crippen LogP contribution in [0.15, 0.2) is 24.5 Å². The van der Waals surface area contributed by atoms with Gasteiger partial charge in [0.1, 0.15) is 11.9 Å². The normalized spacial score (nSPS) is 12.5. The van der Waals surface area contributed by atoms with Gasteiger partial charge in [0.25, 0.3) is 0 Å². The zero-order chi connectivity index (χ0) is 13.3. The monoisotopic (exact) mass is 246 g/mol. The summed E-state index contributed by atoms with van der Waals surface area (Å²) in [7, 11) is 0. The first-order valence-electron chi connectivity index (χ1n) is 5.72. The van der Waals surface area contributed by atoms with Crippen molar-refractivity contribution in [1.29, 1.82) is 0 Å². The van der Waals surface area contributed by atoms with Gasteiger partial charge in [0, 0.05) is 11.8 Å². The number of rotatable bonds is 2. The van der Waals surface area contributed by atoms with Crippen molar-refractivity contribution in [3.05, 3.63) is 58.4 Å². The molecule has 0 aliphatic heterocycles. The second-order valence-corrected chi connectivity index (χ2v) is 4.46. The smallest absolute Gasteiger partial charge is 0.129 e. The molecule has 0 radical (unpaired) electrons. The van der Waals surface area contributed by atoms with E-state index in [1.165, 1.54) is 12.3 Å². The third-order valence-corrected chi connectivity index (χ3v) is 2.84. The molecule has 0 bridgehead atoms. The van der Waals surface area contributed by atoms with E-state index in [1.807, 2.05) is 13.0 Å². The number of hydrogen-bond acceptors (Lipinski definition) is 3. The van der Waals surface area contributed by atoms with Crippen molar-refractivity contribution in [2.24, 2.45) is 0 Å². The molecular weight excluding hydrogens is 231 g/mol. The first-order chi connectivity index (χ1) is 8.49. The summed E-state index contributed by atoms with van der Waals surface area (Å²) in [6.45, 7) is 5.40. The third kappa shape index (κ3) is 2.38. The minimum atomic E-state index is -1.08. The van der Waals surface area contributed by atoms with E-state index in [1.54, 1.807) is 20.0 Å². The summed E-state index contributed by atoms with van der Waals surface area (Å²) in [6, 6.07) is 3.25. The van der Waals surface area contributed by atoms with Crippen LogP contribution in [-0.2, 0) is 0 Å². The van der Waals surface area contributed by atoms with Gasteiger partial charge in [-0.25, -0.2) is 4.39 Å². The highest BCUT2D eigenvalue weighted by molar-refractivity contribution is 5.36. The second kappa shape index (κ2) is 4.82. The van der Waals surface area contributed by atoms with Crippen LogP contribution in [0.25, 0.3) is 0 Å². The van der Waals surface area contributed by atoms with Crippen LogP contribution in [0, 0.1) is 26.6 Å². The van der Waals surface area contributed by atoms with Crippen LogP contribution in [0.1, 0.15) is 34.2 Å². The van der Waals surface area contributed by atoms with Crippen LogP contribution in [0.4, 0.5) is 4.39 Å². The summed E-state index contributed by atoms with van der Waals surface area (Å²) in [5.41, 5.74) is 2.91. The van der Waals surface area contributed by atoms with Gasteiger partial charge in [-0.3, -0.25) is 9.97 Å². The fraction of sp³-hybridized carbons (Fsp3) is 0.286. The lowest BCUT2D eigenvalue weighted by Crippen LogP contribution is -2.08. The van der Waals surface area contributed by atoms with E-state index < -0.39 is 11.9 Å². The molecule has 0 spiro atoms. The molecule has 2 aromatic rings. The summed E-state index contributed by atoms with van der Waals surface area (Å²) < 4.78 is 13.9. The van der Waals surface area contributed by atoms with Crippen molar-refractivity contribution in [2.75, 3.05) is 0 Å². The fourth-order valence-corrected chi connectivity index (χ4v) is 1.96. The summed E-state index contributed by atoms with van der Waals surface area (Å²) in [4.78, 5) is 8.14. The predicted octanol–water partition coefficient (Wildman–Crippen LogP) is 2.62. The number of hydrogen-bond donors (Lipinski definition) is 1. The number of aliphatic hydroxyl groups excluding tert-OH is 1. The molecule has 1 atom stereocenters. The summed E-state index contributed by atoms with van der Waals surface area (Å²) in [5, 5.41) is 10.2. The minimum absolute atomic E-state index is 0.263. The van der Waals surface area contributed by atoms with Crippen LogP contribution < -0.4 is 0 Å². The van der Waals surface area contributed by atoms with Crippen LogP contribution in [0.3, 0.4) is 0 Å². The van der Waals surface area contributed by atoms with E-state index in [0.717, 1.165) is 11.3 Å². The molecule has 1 aromatic heterocycles. The number of benzene rings is 1. The van der Waals surface area contributed by atoms with Gasteiger partial charge in [0.15, 0.2) is 0 Å². The standard InChI is InChI=1S/C14H15FN2O/c1-8-4-9(2)13(11(15)5-8)14(18)12-7-16-10(3)6-17-12/h4-7,14,18H,1-3H3. The Morgan fingerprint density at radius 3 is 2.39 bits per heavy atom. The lowest BCUT2D eigenvalue weighted by atomic mass is 9.98. The highest BCUT2D eigenvalue weighted by Crippen LogP contribution is 2.26. The summed E-state index contributed by atoms with van der Waals surface area (Å²) in [6.07, 6.45) is 1.94. The van der Waals surface area contributed by atoms with E-state index in [-0.39, 0.29) is 5.56 Å². The first-order valence-corrected chi connectivity index (χ1v) is 5.72. The molecule has 0 amide bonds. The van der Waals surface area contributed by atoms with Gasteiger partial charge in [-0.1, -0.05) is 6.07 Å². The molecule has 1 aromatic carbocycles. The fourth-order valence-electron chi connectivity index (χ4n) is 1.96. The quantitative estimate of drug-likeness (QED) is 0.886. The van der Waals surface area contributed by atoms with Gasteiger partial charge in [0.05, 0.1) is 17.6 Å². The average molecular weight is 246 g/mol. The van der Waals surface area contributed by atoms with Crippen molar-refractivity contribution < 1.29 is 9.50 Å². The molecule has 4 heteroatoms. The number of aryl methyl sites for hydroxylation is 3. The number of aromatic nitrogens is 2. The van der Waals surface area contributed by atoms with E-state index in [0.29, 0.717) is 11.3 Å². The van der Waals surface area contributed by atoms with E-state index in [2.05, 4.69) is 9.97 Å². The first kappa shape index (κ1) is 12.6. The van der Waals surface area contributed by atoms with Crippen LogP contribution in [0.5, 0.6) is 0 Å². The zero-order valence-electron chi connectivity index (χ0n) is 10.6. The molecule has 0 saturated heterocycles.